The van der Waals surface area contributed by atoms with Crippen molar-refractivity contribution in [3.63, 3.8) is 0 Å². The number of amides is 2. The van der Waals surface area contributed by atoms with Gasteiger partial charge < -0.3 is 5.11 Å². The van der Waals surface area contributed by atoms with E-state index in [0.29, 0.717) is 12.2 Å². The smallest absolute Gasteiger partial charge is 0.251 e. The second-order valence-electron chi connectivity index (χ2n) is 6.41. The molecule has 24 heavy (non-hydrogen) atoms. The van der Waals surface area contributed by atoms with Crippen LogP contribution in [0.1, 0.15) is 18.9 Å². The fourth-order valence-corrected chi connectivity index (χ4v) is 3.49. The van der Waals surface area contributed by atoms with Gasteiger partial charge in [-0.15, -0.1) is 0 Å². The standard InChI is InChI=1S/C18H25N3O3/c1-2-14-3-5-15(6-4-14)21-17(23)13-16(18(21)24)20-9-7-19(8-10-20)11-12-22/h3-6,16,22H,2,7-13H2,1H3/t16-/m1/s1. The number of aliphatic hydroxyl groups is 1. The second kappa shape index (κ2) is 7.42. The molecule has 1 aromatic carbocycles. The van der Waals surface area contributed by atoms with E-state index < -0.39 is 0 Å². The van der Waals surface area contributed by atoms with Crippen molar-refractivity contribution in [3.05, 3.63) is 29.8 Å². The molecule has 6 heteroatoms. The number of hydrogen-bond donors (Lipinski definition) is 1. The lowest BCUT2D eigenvalue weighted by Crippen LogP contribution is -2.52. The largest absolute Gasteiger partial charge is 0.395 e. The number of aryl methyl sites for hydroxylation is 1. The summed E-state index contributed by atoms with van der Waals surface area (Å²) in [5.41, 5.74) is 1.86. The third-order valence-corrected chi connectivity index (χ3v) is 4.99. The average molecular weight is 331 g/mol. The number of anilines is 1. The zero-order chi connectivity index (χ0) is 17.1. The minimum atomic E-state index is -0.348. The van der Waals surface area contributed by atoms with Gasteiger partial charge in [0.15, 0.2) is 0 Å². The van der Waals surface area contributed by atoms with Gasteiger partial charge in [-0.3, -0.25) is 19.4 Å². The molecule has 2 amide bonds. The van der Waals surface area contributed by atoms with Gasteiger partial charge in [-0.25, -0.2) is 4.90 Å². The van der Waals surface area contributed by atoms with Crippen molar-refractivity contribution in [1.29, 1.82) is 0 Å². The summed E-state index contributed by atoms with van der Waals surface area (Å²) in [4.78, 5) is 30.8. The molecule has 0 bridgehead atoms. The van der Waals surface area contributed by atoms with Crippen molar-refractivity contribution in [1.82, 2.24) is 9.80 Å². The quantitative estimate of drug-likeness (QED) is 0.796. The highest BCUT2D eigenvalue weighted by Gasteiger charge is 2.43. The van der Waals surface area contributed by atoms with E-state index in [9.17, 15) is 9.59 Å². The van der Waals surface area contributed by atoms with Crippen LogP contribution in [0.5, 0.6) is 0 Å². The minimum Gasteiger partial charge on any atom is -0.395 e. The molecule has 2 aliphatic heterocycles. The van der Waals surface area contributed by atoms with Crippen LogP contribution in [-0.4, -0.2) is 72.1 Å². The number of imide groups is 1. The number of aliphatic hydroxyl groups excluding tert-OH is 1. The van der Waals surface area contributed by atoms with Gasteiger partial charge in [-0.2, -0.15) is 0 Å². The Labute approximate surface area is 142 Å². The Kier molecular flexibility index (Phi) is 5.28. The molecule has 1 N–H and O–H groups in total. The molecule has 1 aromatic rings. The molecule has 2 fully saturated rings. The second-order valence-corrected chi connectivity index (χ2v) is 6.41. The number of piperazine rings is 1. The van der Waals surface area contributed by atoms with Crippen LogP contribution >= 0.6 is 0 Å². The van der Waals surface area contributed by atoms with Gasteiger partial charge in [0, 0.05) is 32.7 Å². The van der Waals surface area contributed by atoms with Crippen molar-refractivity contribution in [3.8, 4) is 0 Å². The third kappa shape index (κ3) is 3.36. The number of carbonyl (C=O) groups is 2. The Balaban J connectivity index is 1.68. The first-order valence-electron chi connectivity index (χ1n) is 8.67. The van der Waals surface area contributed by atoms with Crippen LogP contribution in [0, 0.1) is 0 Å². The van der Waals surface area contributed by atoms with Crippen molar-refractivity contribution >= 4 is 17.5 Å². The molecule has 0 aromatic heterocycles. The van der Waals surface area contributed by atoms with E-state index in [1.165, 1.54) is 10.5 Å². The lowest BCUT2D eigenvalue weighted by Gasteiger charge is -2.36. The highest BCUT2D eigenvalue weighted by atomic mass is 16.3. The predicted octanol–water partition coefficient (Wildman–Crippen LogP) is 0.491. The Morgan fingerprint density at radius 2 is 1.75 bits per heavy atom. The summed E-state index contributed by atoms with van der Waals surface area (Å²) in [5, 5.41) is 9.01. The lowest BCUT2D eigenvalue weighted by molar-refractivity contribution is -0.123. The van der Waals surface area contributed by atoms with E-state index in [2.05, 4.69) is 16.7 Å². The van der Waals surface area contributed by atoms with E-state index in [1.54, 1.807) is 0 Å². The van der Waals surface area contributed by atoms with E-state index in [0.717, 1.165) is 32.6 Å². The molecule has 0 spiro atoms. The number of hydrogen-bond acceptors (Lipinski definition) is 5. The summed E-state index contributed by atoms with van der Waals surface area (Å²) in [5.74, 6) is -0.230. The molecule has 130 valence electrons. The van der Waals surface area contributed by atoms with Gasteiger partial charge in [0.05, 0.1) is 24.8 Å². The van der Waals surface area contributed by atoms with Gasteiger partial charge in [0.25, 0.3) is 5.91 Å². The molecule has 1 atom stereocenters. The first kappa shape index (κ1) is 17.1. The fourth-order valence-electron chi connectivity index (χ4n) is 3.49. The maximum atomic E-state index is 12.8. The molecule has 6 nitrogen and oxygen atoms in total. The molecular weight excluding hydrogens is 306 g/mol. The van der Waals surface area contributed by atoms with Crippen LogP contribution in [0.4, 0.5) is 5.69 Å². The number of nitrogens with zero attached hydrogens (tertiary/aromatic N) is 3. The van der Waals surface area contributed by atoms with Gasteiger partial charge in [-0.05, 0) is 24.1 Å². The topological polar surface area (TPSA) is 64.1 Å². The van der Waals surface area contributed by atoms with E-state index in [1.807, 2.05) is 24.3 Å². The van der Waals surface area contributed by atoms with Crippen LogP contribution in [0.3, 0.4) is 0 Å². The van der Waals surface area contributed by atoms with Gasteiger partial charge in [-0.1, -0.05) is 19.1 Å². The van der Waals surface area contributed by atoms with Crippen LogP contribution in [-0.2, 0) is 16.0 Å². The molecule has 2 aliphatic rings. The number of benzene rings is 1. The van der Waals surface area contributed by atoms with Crippen LogP contribution in [0.25, 0.3) is 0 Å². The summed E-state index contributed by atoms with van der Waals surface area (Å²) in [6.07, 6.45) is 1.19. The predicted molar refractivity (Wildman–Crippen MR) is 91.8 cm³/mol. The number of β-amino-alcohol motifs (C(OH)–C–C–N with tert-alkyl or cyclic N) is 1. The molecular formula is C18H25N3O3. The Bertz CT molecular complexity index is 594. The average Bonchev–Trinajstić information content (AvgIpc) is 2.90. The zero-order valence-corrected chi connectivity index (χ0v) is 14.1. The van der Waals surface area contributed by atoms with E-state index in [-0.39, 0.29) is 30.9 Å². The van der Waals surface area contributed by atoms with Gasteiger partial charge in [0.1, 0.15) is 0 Å². The van der Waals surface area contributed by atoms with Crippen LogP contribution in [0.2, 0.25) is 0 Å². The summed E-state index contributed by atoms with van der Waals surface area (Å²) in [7, 11) is 0. The molecule has 2 heterocycles. The van der Waals surface area contributed by atoms with E-state index >= 15 is 0 Å². The Hall–Kier alpha value is -1.76. The maximum Gasteiger partial charge on any atom is 0.251 e. The van der Waals surface area contributed by atoms with Gasteiger partial charge >= 0.3 is 0 Å². The molecule has 0 aliphatic carbocycles. The van der Waals surface area contributed by atoms with E-state index in [4.69, 9.17) is 5.11 Å². The maximum absolute atomic E-state index is 12.8. The normalized spacial score (nSPS) is 23.2. The van der Waals surface area contributed by atoms with Gasteiger partial charge in [0.2, 0.25) is 5.91 Å². The summed E-state index contributed by atoms with van der Waals surface area (Å²) in [6.45, 7) is 6.06. The lowest BCUT2D eigenvalue weighted by atomic mass is 10.1. The third-order valence-electron chi connectivity index (χ3n) is 4.99. The summed E-state index contributed by atoms with van der Waals surface area (Å²) >= 11 is 0. The number of rotatable bonds is 5. The molecule has 2 saturated heterocycles. The Morgan fingerprint density at radius 3 is 2.33 bits per heavy atom. The van der Waals surface area contributed by atoms with Crippen molar-refractivity contribution in [2.24, 2.45) is 0 Å². The minimum absolute atomic E-state index is 0.111. The first-order valence-corrected chi connectivity index (χ1v) is 8.67. The van der Waals surface area contributed by atoms with Crippen LogP contribution in [0.15, 0.2) is 24.3 Å². The summed E-state index contributed by atoms with van der Waals surface area (Å²) < 4.78 is 0. The fraction of sp³-hybridized carbons (Fsp3) is 0.556. The van der Waals surface area contributed by atoms with Crippen LogP contribution < -0.4 is 4.90 Å². The molecule has 0 radical (unpaired) electrons. The van der Waals surface area contributed by atoms with Crippen molar-refractivity contribution < 1.29 is 14.7 Å². The highest BCUT2D eigenvalue weighted by Crippen LogP contribution is 2.26. The molecule has 0 saturated carbocycles. The van der Waals surface area contributed by atoms with Crippen molar-refractivity contribution in [2.45, 2.75) is 25.8 Å². The Morgan fingerprint density at radius 1 is 1.08 bits per heavy atom. The van der Waals surface area contributed by atoms with Crippen molar-refractivity contribution in [2.75, 3.05) is 44.2 Å². The molecule has 3 rings (SSSR count). The SMILES string of the molecule is CCc1ccc(N2C(=O)C[C@@H](N3CCN(CCO)CC3)C2=O)cc1. The zero-order valence-electron chi connectivity index (χ0n) is 14.1. The number of carbonyl (C=O) groups excluding carboxylic acids is 2. The first-order chi connectivity index (χ1) is 11.6. The monoisotopic (exact) mass is 331 g/mol. The highest BCUT2D eigenvalue weighted by molar-refractivity contribution is 6.22. The summed E-state index contributed by atoms with van der Waals surface area (Å²) in [6, 6.07) is 7.31. The molecule has 0 unspecified atom stereocenters.